The first kappa shape index (κ1) is 30.2. The topological polar surface area (TPSA) is 173 Å². The number of carbonyl (C=O) groups excluding carboxylic acids is 2. The van der Waals surface area contributed by atoms with Gasteiger partial charge in [-0.2, -0.15) is 8.42 Å². The van der Waals surface area contributed by atoms with Gasteiger partial charge in [-0.05, 0) is 62.1 Å². The molecule has 2 unspecified atom stereocenters. The lowest BCUT2D eigenvalue weighted by molar-refractivity contribution is -0.385. The van der Waals surface area contributed by atoms with Crippen LogP contribution in [0.1, 0.15) is 36.5 Å². The molecule has 43 heavy (non-hydrogen) atoms. The molecule has 224 valence electrons. The van der Waals surface area contributed by atoms with Gasteiger partial charge in [0, 0.05) is 29.4 Å². The fourth-order valence-corrected chi connectivity index (χ4v) is 5.77. The molecule has 0 spiro atoms. The van der Waals surface area contributed by atoms with E-state index in [1.54, 1.807) is 6.07 Å². The minimum Gasteiger partial charge on any atom is -0.361 e. The van der Waals surface area contributed by atoms with Crippen molar-refractivity contribution in [3.8, 4) is 0 Å². The molecule has 1 fully saturated rings. The summed E-state index contributed by atoms with van der Waals surface area (Å²) in [5, 5.41) is 22.5. The number of carbonyl (C=O) groups is 2. The Bertz CT molecular complexity index is 1750. The Morgan fingerprint density at radius 3 is 2.60 bits per heavy atom. The van der Waals surface area contributed by atoms with Crippen LogP contribution in [0.4, 0.5) is 17.2 Å². The first-order valence-corrected chi connectivity index (χ1v) is 15.2. The third kappa shape index (κ3) is 6.87. The summed E-state index contributed by atoms with van der Waals surface area (Å²) in [6.07, 6.45) is 3.11. The van der Waals surface area contributed by atoms with Gasteiger partial charge in [-0.25, -0.2) is 9.99 Å². The highest BCUT2D eigenvalue weighted by atomic mass is 35.5. The molecular formula is C27H24Cl2N6O7S. The molecule has 2 N–H and O–H groups in total. The third-order valence-corrected chi connectivity index (χ3v) is 8.61. The monoisotopic (exact) mass is 646 g/mol. The zero-order chi connectivity index (χ0) is 30.9. The van der Waals surface area contributed by atoms with Crippen LogP contribution in [-0.2, 0) is 19.1 Å². The highest BCUT2D eigenvalue weighted by molar-refractivity contribution is 7.87. The summed E-state index contributed by atoms with van der Waals surface area (Å²) < 4.78 is 31.2. The molecule has 5 rings (SSSR count). The molecule has 2 aromatic carbocycles. The first-order chi connectivity index (χ1) is 20.4. The van der Waals surface area contributed by atoms with E-state index in [0.29, 0.717) is 5.92 Å². The number of nitrogens with zero attached hydrogens (tertiary/aromatic N) is 4. The lowest BCUT2D eigenvalue weighted by atomic mass is 10.1. The van der Waals surface area contributed by atoms with E-state index in [4.69, 9.17) is 27.4 Å². The Morgan fingerprint density at radius 2 is 1.91 bits per heavy atom. The third-order valence-electron chi connectivity index (χ3n) is 6.84. The van der Waals surface area contributed by atoms with E-state index in [1.165, 1.54) is 36.5 Å². The highest BCUT2D eigenvalue weighted by Crippen LogP contribution is 2.34. The summed E-state index contributed by atoms with van der Waals surface area (Å²) in [6.45, 7) is 1.91. The molecule has 1 aliphatic carbocycles. The predicted molar refractivity (Wildman–Crippen MR) is 159 cm³/mol. The zero-order valence-electron chi connectivity index (χ0n) is 22.4. The zero-order valence-corrected chi connectivity index (χ0v) is 24.8. The number of benzene rings is 2. The molecule has 1 aliphatic heterocycles. The van der Waals surface area contributed by atoms with Crippen LogP contribution < -0.4 is 15.6 Å². The molecule has 16 heteroatoms. The molecule has 2 aliphatic rings. The normalized spacial score (nSPS) is 17.1. The fourth-order valence-electron chi connectivity index (χ4n) is 4.43. The van der Waals surface area contributed by atoms with Gasteiger partial charge in [0.2, 0.25) is 11.8 Å². The molecule has 0 saturated heterocycles. The van der Waals surface area contributed by atoms with Crippen molar-refractivity contribution in [3.63, 3.8) is 0 Å². The van der Waals surface area contributed by atoms with Crippen molar-refractivity contribution in [1.82, 2.24) is 10.3 Å². The number of amides is 2. The van der Waals surface area contributed by atoms with Gasteiger partial charge in [-0.15, -0.1) is 5.10 Å². The number of halogens is 2. The maximum atomic E-state index is 13.7. The van der Waals surface area contributed by atoms with Crippen LogP contribution in [0.2, 0.25) is 10.0 Å². The molecular weight excluding hydrogens is 623 g/mol. The minimum absolute atomic E-state index is 0.0444. The second-order valence-electron chi connectivity index (χ2n) is 9.94. The SMILES string of the molecule is CC(NC(=O)c1cc(Cl)ccc1NC(=O)C1CC(OS(=O)(=O)c2cccc([N+](=O)[O-])c2)=NN1c1ncccc1Cl)C1CC1. The summed E-state index contributed by atoms with van der Waals surface area (Å²) in [6, 6.07) is 10.5. The van der Waals surface area contributed by atoms with Gasteiger partial charge in [-0.3, -0.25) is 19.7 Å². The van der Waals surface area contributed by atoms with E-state index in [0.717, 1.165) is 36.0 Å². The number of aromatic nitrogens is 1. The largest absolute Gasteiger partial charge is 0.361 e. The van der Waals surface area contributed by atoms with Crippen LogP contribution in [-0.4, -0.2) is 48.1 Å². The number of hydrogen-bond acceptors (Lipinski definition) is 10. The summed E-state index contributed by atoms with van der Waals surface area (Å²) in [4.78, 5) is 40.9. The number of hydrogen-bond donors (Lipinski definition) is 2. The number of nitrogens with one attached hydrogen (secondary N) is 2. The fraction of sp³-hybridized carbons (Fsp3) is 0.259. The Hall–Kier alpha value is -4.27. The Kier molecular flexibility index (Phi) is 8.53. The molecule has 2 atom stereocenters. The van der Waals surface area contributed by atoms with Crippen LogP contribution in [0, 0.1) is 16.0 Å². The van der Waals surface area contributed by atoms with E-state index in [1.807, 2.05) is 6.92 Å². The average molecular weight is 647 g/mol. The summed E-state index contributed by atoms with van der Waals surface area (Å²) in [5.41, 5.74) is -0.147. The average Bonchev–Trinajstić information content (AvgIpc) is 3.74. The number of non-ortho nitro benzene ring substituents is 1. The number of nitro benzene ring substituents is 1. The van der Waals surface area contributed by atoms with E-state index in [2.05, 4.69) is 20.7 Å². The quantitative estimate of drug-likeness (QED) is 0.189. The second-order valence-corrected chi connectivity index (χ2v) is 12.3. The summed E-state index contributed by atoms with van der Waals surface area (Å²) >= 11 is 12.5. The van der Waals surface area contributed by atoms with Gasteiger partial charge in [-0.1, -0.05) is 29.3 Å². The maximum Gasteiger partial charge on any atom is 0.340 e. The van der Waals surface area contributed by atoms with Gasteiger partial charge < -0.3 is 14.8 Å². The number of rotatable bonds is 9. The van der Waals surface area contributed by atoms with Crippen LogP contribution in [0.25, 0.3) is 0 Å². The van der Waals surface area contributed by atoms with E-state index in [9.17, 15) is 28.1 Å². The molecule has 1 saturated carbocycles. The minimum atomic E-state index is -4.57. The Morgan fingerprint density at radius 1 is 1.14 bits per heavy atom. The van der Waals surface area contributed by atoms with Gasteiger partial charge in [0.25, 0.3) is 11.6 Å². The number of anilines is 2. The summed E-state index contributed by atoms with van der Waals surface area (Å²) in [5.74, 6) is -1.05. The van der Waals surface area contributed by atoms with E-state index in [-0.39, 0.29) is 45.5 Å². The highest BCUT2D eigenvalue weighted by Gasteiger charge is 2.39. The van der Waals surface area contributed by atoms with Crippen molar-refractivity contribution in [2.45, 2.75) is 43.2 Å². The van der Waals surface area contributed by atoms with Crippen molar-refractivity contribution < 1.29 is 27.1 Å². The molecule has 2 amide bonds. The van der Waals surface area contributed by atoms with Crippen LogP contribution in [0.15, 0.2) is 70.8 Å². The second kappa shape index (κ2) is 12.1. The summed E-state index contributed by atoms with van der Waals surface area (Å²) in [7, 11) is -4.57. The molecule has 1 aromatic heterocycles. The van der Waals surface area contributed by atoms with Gasteiger partial charge in [0.15, 0.2) is 5.82 Å². The maximum absolute atomic E-state index is 13.7. The van der Waals surface area contributed by atoms with Gasteiger partial charge in [0.1, 0.15) is 10.9 Å². The first-order valence-electron chi connectivity index (χ1n) is 13.0. The van der Waals surface area contributed by atoms with Crippen LogP contribution in [0.5, 0.6) is 0 Å². The standard InChI is InChI=1S/C27H24Cl2N6O7S/c1-15(16-7-8-16)31-26(36)20-12-17(28)9-10-22(20)32-27(37)23-14-24(33-34(23)25-21(29)6-3-11-30-25)42-43(40,41)19-5-2-4-18(13-19)35(38)39/h2-6,9-13,15-16,23H,7-8,14H2,1H3,(H,31,36)(H,32,37). The Labute approximate surface area is 256 Å². The lowest BCUT2D eigenvalue weighted by Gasteiger charge is -2.23. The van der Waals surface area contributed by atoms with Crippen molar-refractivity contribution in [2.24, 2.45) is 11.0 Å². The molecule has 0 radical (unpaired) electrons. The molecule has 2 heterocycles. The van der Waals surface area contributed by atoms with Gasteiger partial charge in [0.05, 0.1) is 27.6 Å². The van der Waals surface area contributed by atoms with E-state index < -0.39 is 43.5 Å². The predicted octanol–water partition coefficient (Wildman–Crippen LogP) is 4.76. The van der Waals surface area contributed by atoms with E-state index >= 15 is 0 Å². The lowest BCUT2D eigenvalue weighted by Crippen LogP contribution is -2.40. The van der Waals surface area contributed by atoms with Gasteiger partial charge >= 0.3 is 10.1 Å². The molecule has 3 aromatic rings. The number of pyridine rings is 1. The van der Waals surface area contributed by atoms with Crippen molar-refractivity contribution in [2.75, 3.05) is 10.3 Å². The van der Waals surface area contributed by atoms with Crippen molar-refractivity contribution in [3.05, 3.63) is 86.5 Å². The van der Waals surface area contributed by atoms with Crippen molar-refractivity contribution >= 4 is 68.2 Å². The molecule has 0 bridgehead atoms. The van der Waals surface area contributed by atoms with Crippen LogP contribution >= 0.6 is 23.2 Å². The Balaban J connectivity index is 1.41. The van der Waals surface area contributed by atoms with Crippen molar-refractivity contribution in [1.29, 1.82) is 0 Å². The number of nitro groups is 1. The smallest absolute Gasteiger partial charge is 0.340 e. The molecule has 13 nitrogen and oxygen atoms in total. The van der Waals surface area contributed by atoms with Crippen LogP contribution in [0.3, 0.4) is 0 Å². The number of hydrazone groups is 1.